The number of fused-ring (bicyclic) bond motifs is 1. The summed E-state index contributed by atoms with van der Waals surface area (Å²) in [6, 6.07) is 13.3. The Bertz CT molecular complexity index is 534. The van der Waals surface area contributed by atoms with Gasteiger partial charge in [-0.2, -0.15) is 0 Å². The number of hydrogen-bond donors (Lipinski definition) is 2. The summed E-state index contributed by atoms with van der Waals surface area (Å²) < 4.78 is 0. The van der Waals surface area contributed by atoms with Crippen molar-refractivity contribution in [3.63, 3.8) is 0 Å². The largest absolute Gasteiger partial charge is 0.330 e. The van der Waals surface area contributed by atoms with Crippen LogP contribution in [-0.4, -0.2) is 13.1 Å². The minimum absolute atomic E-state index is 0.759. The molecule has 0 aromatic heterocycles. The van der Waals surface area contributed by atoms with Crippen molar-refractivity contribution in [1.82, 2.24) is 0 Å². The minimum Gasteiger partial charge on any atom is -0.330 e. The van der Waals surface area contributed by atoms with E-state index in [1.165, 1.54) is 34.7 Å². The molecule has 0 amide bonds. The van der Waals surface area contributed by atoms with Crippen molar-refractivity contribution in [2.24, 2.45) is 11.5 Å². The molecule has 2 nitrogen and oxygen atoms in total. The van der Waals surface area contributed by atoms with Crippen LogP contribution in [0.15, 0.2) is 36.4 Å². The third kappa shape index (κ3) is 3.81. The van der Waals surface area contributed by atoms with Crippen LogP contribution in [0.25, 0.3) is 10.8 Å². The van der Waals surface area contributed by atoms with E-state index >= 15 is 0 Å². The molecule has 0 atom stereocenters. The lowest BCUT2D eigenvalue weighted by Crippen LogP contribution is -2.01. The molecule has 0 fully saturated rings. The van der Waals surface area contributed by atoms with E-state index < -0.39 is 0 Å². The van der Waals surface area contributed by atoms with Gasteiger partial charge in [0.2, 0.25) is 0 Å². The number of aryl methyl sites for hydroxylation is 2. The van der Waals surface area contributed by atoms with Crippen LogP contribution in [-0.2, 0) is 12.8 Å². The molecule has 2 aromatic carbocycles. The van der Waals surface area contributed by atoms with Crippen LogP contribution in [0.4, 0.5) is 0 Å². The van der Waals surface area contributed by atoms with E-state index in [4.69, 9.17) is 11.5 Å². The first-order chi connectivity index (χ1) is 9.86. The normalized spacial score (nSPS) is 11.1. The smallest absolute Gasteiger partial charge is 0.00741 e. The first-order valence-electron chi connectivity index (χ1n) is 7.76. The summed E-state index contributed by atoms with van der Waals surface area (Å²) in [7, 11) is 0. The van der Waals surface area contributed by atoms with Crippen LogP contribution in [0.3, 0.4) is 0 Å². The van der Waals surface area contributed by atoms with Gasteiger partial charge in [0.1, 0.15) is 0 Å². The second kappa shape index (κ2) is 8.03. The van der Waals surface area contributed by atoms with Crippen molar-refractivity contribution in [1.29, 1.82) is 0 Å². The second-order valence-electron chi connectivity index (χ2n) is 5.42. The molecule has 0 aliphatic rings. The van der Waals surface area contributed by atoms with Crippen molar-refractivity contribution in [3.8, 4) is 0 Å². The summed E-state index contributed by atoms with van der Waals surface area (Å²) in [5.74, 6) is 0. The van der Waals surface area contributed by atoms with E-state index in [-0.39, 0.29) is 0 Å². The van der Waals surface area contributed by atoms with Crippen LogP contribution < -0.4 is 11.5 Å². The van der Waals surface area contributed by atoms with E-state index in [2.05, 4.69) is 36.4 Å². The molecule has 4 N–H and O–H groups in total. The van der Waals surface area contributed by atoms with E-state index in [1.807, 2.05) is 0 Å². The van der Waals surface area contributed by atoms with Crippen LogP contribution in [0.2, 0.25) is 0 Å². The van der Waals surface area contributed by atoms with E-state index in [0.29, 0.717) is 0 Å². The highest BCUT2D eigenvalue weighted by Crippen LogP contribution is 2.25. The Morgan fingerprint density at radius 2 is 1.15 bits per heavy atom. The summed E-state index contributed by atoms with van der Waals surface area (Å²) in [5.41, 5.74) is 14.1. The van der Waals surface area contributed by atoms with Gasteiger partial charge in [0.15, 0.2) is 0 Å². The minimum atomic E-state index is 0.759. The lowest BCUT2D eigenvalue weighted by Gasteiger charge is -2.11. The van der Waals surface area contributed by atoms with Gasteiger partial charge >= 0.3 is 0 Å². The maximum atomic E-state index is 5.63. The average molecular weight is 270 g/mol. The van der Waals surface area contributed by atoms with Crippen molar-refractivity contribution >= 4 is 10.8 Å². The third-order valence-electron chi connectivity index (χ3n) is 3.91. The molecule has 0 saturated carbocycles. The molecule has 0 aliphatic carbocycles. The maximum absolute atomic E-state index is 5.63. The Morgan fingerprint density at radius 1 is 0.600 bits per heavy atom. The van der Waals surface area contributed by atoms with E-state index in [9.17, 15) is 0 Å². The molecular formula is C18H26N2. The fourth-order valence-electron chi connectivity index (χ4n) is 2.79. The van der Waals surface area contributed by atoms with Crippen LogP contribution in [0, 0.1) is 0 Å². The van der Waals surface area contributed by atoms with Crippen LogP contribution in [0.1, 0.15) is 36.8 Å². The predicted molar refractivity (Wildman–Crippen MR) is 87.9 cm³/mol. The molecule has 0 bridgehead atoms. The Hall–Kier alpha value is -1.38. The molecule has 20 heavy (non-hydrogen) atoms. The number of benzene rings is 2. The molecule has 0 spiro atoms. The predicted octanol–water partition coefficient (Wildman–Crippen LogP) is 3.40. The molecule has 0 heterocycles. The average Bonchev–Trinajstić information content (AvgIpc) is 2.50. The van der Waals surface area contributed by atoms with E-state index in [0.717, 1.165) is 38.8 Å². The maximum Gasteiger partial charge on any atom is -0.00741 e. The van der Waals surface area contributed by atoms with Gasteiger partial charge in [-0.1, -0.05) is 42.8 Å². The zero-order chi connectivity index (χ0) is 14.2. The molecule has 2 rings (SSSR count). The Kier molecular flexibility index (Phi) is 6.03. The summed E-state index contributed by atoms with van der Waals surface area (Å²) in [6.45, 7) is 1.56. The fraction of sp³-hybridized carbons (Fsp3) is 0.444. The SMILES string of the molecule is NCCCCCc1ccc(CCCN)c2ccccc12. The standard InChI is InChI=1S/C18H26N2/c19-13-5-1-2-7-15-11-12-16(8-6-14-20)18-10-4-3-9-17(15)18/h3-4,9-12H,1-2,5-8,13-14,19-20H2. The van der Waals surface area contributed by atoms with Gasteiger partial charge in [-0.05, 0) is 67.1 Å². The molecule has 108 valence electrons. The number of rotatable bonds is 8. The number of nitrogens with two attached hydrogens (primary N) is 2. The van der Waals surface area contributed by atoms with Crippen molar-refractivity contribution < 1.29 is 0 Å². The Balaban J connectivity index is 2.19. The zero-order valence-corrected chi connectivity index (χ0v) is 12.3. The molecule has 0 saturated heterocycles. The van der Waals surface area contributed by atoms with Gasteiger partial charge in [0.25, 0.3) is 0 Å². The molecule has 0 radical (unpaired) electrons. The molecule has 0 aliphatic heterocycles. The van der Waals surface area contributed by atoms with Gasteiger partial charge in [0.05, 0.1) is 0 Å². The topological polar surface area (TPSA) is 52.0 Å². The summed E-state index contributed by atoms with van der Waals surface area (Å²) >= 11 is 0. The van der Waals surface area contributed by atoms with Gasteiger partial charge in [-0.25, -0.2) is 0 Å². The van der Waals surface area contributed by atoms with Gasteiger partial charge in [-0.3, -0.25) is 0 Å². The first kappa shape index (κ1) is 15.0. The molecule has 2 heteroatoms. The molecule has 0 unspecified atom stereocenters. The number of unbranched alkanes of at least 4 members (excludes halogenated alkanes) is 2. The fourth-order valence-corrected chi connectivity index (χ4v) is 2.79. The summed E-state index contributed by atoms with van der Waals surface area (Å²) in [4.78, 5) is 0. The molecule has 2 aromatic rings. The highest BCUT2D eigenvalue weighted by atomic mass is 14.5. The third-order valence-corrected chi connectivity index (χ3v) is 3.91. The first-order valence-corrected chi connectivity index (χ1v) is 7.76. The van der Waals surface area contributed by atoms with Crippen molar-refractivity contribution in [3.05, 3.63) is 47.5 Å². The lowest BCUT2D eigenvalue weighted by molar-refractivity contribution is 0.688. The summed E-state index contributed by atoms with van der Waals surface area (Å²) in [6.07, 6.45) is 6.86. The monoisotopic (exact) mass is 270 g/mol. The second-order valence-corrected chi connectivity index (χ2v) is 5.42. The Labute approximate surface area is 122 Å². The van der Waals surface area contributed by atoms with Gasteiger partial charge in [0, 0.05) is 0 Å². The van der Waals surface area contributed by atoms with Crippen molar-refractivity contribution in [2.75, 3.05) is 13.1 Å². The van der Waals surface area contributed by atoms with Gasteiger partial charge in [-0.15, -0.1) is 0 Å². The Morgan fingerprint density at radius 3 is 1.70 bits per heavy atom. The highest BCUT2D eigenvalue weighted by Gasteiger charge is 2.05. The quantitative estimate of drug-likeness (QED) is 0.722. The lowest BCUT2D eigenvalue weighted by atomic mass is 9.94. The zero-order valence-electron chi connectivity index (χ0n) is 12.3. The molecular weight excluding hydrogens is 244 g/mol. The number of hydrogen-bond acceptors (Lipinski definition) is 2. The highest BCUT2D eigenvalue weighted by molar-refractivity contribution is 5.88. The van der Waals surface area contributed by atoms with Gasteiger partial charge < -0.3 is 11.5 Å². The van der Waals surface area contributed by atoms with E-state index in [1.54, 1.807) is 0 Å². The van der Waals surface area contributed by atoms with Crippen LogP contribution in [0.5, 0.6) is 0 Å². The van der Waals surface area contributed by atoms with Crippen molar-refractivity contribution in [2.45, 2.75) is 38.5 Å². The van der Waals surface area contributed by atoms with Crippen LogP contribution >= 0.6 is 0 Å². The summed E-state index contributed by atoms with van der Waals surface area (Å²) in [5, 5.41) is 2.81.